The first-order valence-corrected chi connectivity index (χ1v) is 7.41. The van der Waals surface area contributed by atoms with Gasteiger partial charge >= 0.3 is 0 Å². The molecule has 0 spiro atoms. The molecule has 0 radical (unpaired) electrons. The van der Waals surface area contributed by atoms with Gasteiger partial charge in [0.05, 0.1) is 6.04 Å². The van der Waals surface area contributed by atoms with Gasteiger partial charge in [-0.25, -0.2) is 0 Å². The lowest BCUT2D eigenvalue weighted by atomic mass is 9.84. The van der Waals surface area contributed by atoms with Crippen molar-refractivity contribution in [3.63, 3.8) is 0 Å². The SMILES string of the molecule is O=C(NC[C@@H]1CCc2ccccc2C1)[C@H]1CCCN1. The third-order valence-electron chi connectivity index (χ3n) is 4.39. The summed E-state index contributed by atoms with van der Waals surface area (Å²) < 4.78 is 0. The molecular weight excluding hydrogens is 236 g/mol. The summed E-state index contributed by atoms with van der Waals surface area (Å²) in [4.78, 5) is 12.0. The van der Waals surface area contributed by atoms with Crippen LogP contribution >= 0.6 is 0 Å². The number of benzene rings is 1. The molecule has 1 aliphatic heterocycles. The third kappa shape index (κ3) is 2.98. The molecule has 102 valence electrons. The molecule has 0 saturated carbocycles. The first kappa shape index (κ1) is 12.7. The second-order valence-corrected chi connectivity index (χ2v) is 5.77. The summed E-state index contributed by atoms with van der Waals surface area (Å²) in [6, 6.07) is 8.74. The van der Waals surface area contributed by atoms with Crippen LogP contribution in [0.2, 0.25) is 0 Å². The summed E-state index contributed by atoms with van der Waals surface area (Å²) in [5.74, 6) is 0.789. The van der Waals surface area contributed by atoms with Crippen molar-refractivity contribution in [2.75, 3.05) is 13.1 Å². The van der Waals surface area contributed by atoms with Crippen LogP contribution in [-0.2, 0) is 17.6 Å². The van der Waals surface area contributed by atoms with E-state index in [1.165, 1.54) is 17.5 Å². The minimum Gasteiger partial charge on any atom is -0.354 e. The maximum Gasteiger partial charge on any atom is 0.237 e. The van der Waals surface area contributed by atoms with Crippen LogP contribution in [0, 0.1) is 5.92 Å². The fourth-order valence-corrected chi connectivity index (χ4v) is 3.22. The zero-order valence-electron chi connectivity index (χ0n) is 11.3. The largest absolute Gasteiger partial charge is 0.354 e. The minimum absolute atomic E-state index is 0.0517. The molecule has 1 saturated heterocycles. The zero-order chi connectivity index (χ0) is 13.1. The standard InChI is InChI=1S/C16H22N2O/c19-16(15-6-3-9-17-15)18-11-12-7-8-13-4-1-2-5-14(13)10-12/h1-2,4-5,12,15,17H,3,6-11H2,(H,18,19)/t12-,15-/m1/s1. The summed E-state index contributed by atoms with van der Waals surface area (Å²) in [5, 5.41) is 6.37. The zero-order valence-corrected chi connectivity index (χ0v) is 11.3. The predicted molar refractivity (Wildman–Crippen MR) is 76.0 cm³/mol. The van der Waals surface area contributed by atoms with E-state index in [1.807, 2.05) is 0 Å². The maximum absolute atomic E-state index is 12.0. The molecule has 1 fully saturated rings. The Morgan fingerprint density at radius 1 is 1.26 bits per heavy atom. The van der Waals surface area contributed by atoms with Crippen LogP contribution in [0.5, 0.6) is 0 Å². The molecule has 1 amide bonds. The predicted octanol–water partition coefficient (Wildman–Crippen LogP) is 1.66. The van der Waals surface area contributed by atoms with Gasteiger partial charge in [-0.05, 0) is 55.7 Å². The number of carbonyl (C=O) groups is 1. The van der Waals surface area contributed by atoms with Crippen LogP contribution in [-0.4, -0.2) is 25.0 Å². The molecule has 2 atom stereocenters. The number of hydrogen-bond acceptors (Lipinski definition) is 2. The molecule has 1 aromatic carbocycles. The van der Waals surface area contributed by atoms with E-state index >= 15 is 0 Å². The van der Waals surface area contributed by atoms with E-state index in [2.05, 4.69) is 34.9 Å². The highest BCUT2D eigenvalue weighted by atomic mass is 16.2. The van der Waals surface area contributed by atoms with E-state index in [0.29, 0.717) is 5.92 Å². The van der Waals surface area contributed by atoms with Gasteiger partial charge in [0, 0.05) is 6.54 Å². The molecule has 0 unspecified atom stereocenters. The second kappa shape index (κ2) is 5.74. The summed E-state index contributed by atoms with van der Waals surface area (Å²) >= 11 is 0. The molecule has 1 aliphatic carbocycles. The summed E-state index contributed by atoms with van der Waals surface area (Å²) in [6.07, 6.45) is 5.55. The van der Waals surface area contributed by atoms with E-state index in [4.69, 9.17) is 0 Å². The number of hydrogen-bond donors (Lipinski definition) is 2. The number of fused-ring (bicyclic) bond motifs is 1. The monoisotopic (exact) mass is 258 g/mol. The number of carbonyl (C=O) groups excluding carboxylic acids is 1. The van der Waals surface area contributed by atoms with Crippen molar-refractivity contribution in [2.24, 2.45) is 5.92 Å². The smallest absolute Gasteiger partial charge is 0.237 e. The average molecular weight is 258 g/mol. The number of amides is 1. The Bertz CT molecular complexity index is 452. The van der Waals surface area contributed by atoms with Crippen LogP contribution in [0.3, 0.4) is 0 Å². The van der Waals surface area contributed by atoms with E-state index in [-0.39, 0.29) is 11.9 Å². The topological polar surface area (TPSA) is 41.1 Å². The summed E-state index contributed by atoms with van der Waals surface area (Å²) in [5.41, 5.74) is 2.95. The Hall–Kier alpha value is -1.35. The van der Waals surface area contributed by atoms with E-state index in [0.717, 1.165) is 38.8 Å². The fourth-order valence-electron chi connectivity index (χ4n) is 3.22. The molecule has 2 N–H and O–H groups in total. The van der Waals surface area contributed by atoms with Gasteiger partial charge in [0.2, 0.25) is 5.91 Å². The van der Waals surface area contributed by atoms with Gasteiger partial charge in [0.1, 0.15) is 0 Å². The molecule has 0 bridgehead atoms. The summed E-state index contributed by atoms with van der Waals surface area (Å²) in [6.45, 7) is 1.81. The Balaban J connectivity index is 1.50. The van der Waals surface area contributed by atoms with E-state index in [1.54, 1.807) is 0 Å². The van der Waals surface area contributed by atoms with Crippen LogP contribution in [0.1, 0.15) is 30.4 Å². The van der Waals surface area contributed by atoms with E-state index in [9.17, 15) is 4.79 Å². The van der Waals surface area contributed by atoms with Crippen LogP contribution in [0.4, 0.5) is 0 Å². The fraction of sp³-hybridized carbons (Fsp3) is 0.562. The van der Waals surface area contributed by atoms with Gasteiger partial charge in [-0.2, -0.15) is 0 Å². The Kier molecular flexibility index (Phi) is 3.83. The van der Waals surface area contributed by atoms with Crippen molar-refractivity contribution in [3.8, 4) is 0 Å². The minimum atomic E-state index is 0.0517. The van der Waals surface area contributed by atoms with Crippen molar-refractivity contribution >= 4 is 5.91 Å². The lowest BCUT2D eigenvalue weighted by Gasteiger charge is -2.25. The van der Waals surface area contributed by atoms with Gasteiger partial charge in [-0.15, -0.1) is 0 Å². The van der Waals surface area contributed by atoms with Gasteiger partial charge in [0.25, 0.3) is 0 Å². The normalized spacial score (nSPS) is 25.9. The summed E-state index contributed by atoms with van der Waals surface area (Å²) in [7, 11) is 0. The third-order valence-corrected chi connectivity index (χ3v) is 4.39. The molecule has 1 heterocycles. The first-order valence-electron chi connectivity index (χ1n) is 7.41. The lowest BCUT2D eigenvalue weighted by molar-refractivity contribution is -0.123. The molecular formula is C16H22N2O. The van der Waals surface area contributed by atoms with Crippen molar-refractivity contribution in [1.29, 1.82) is 0 Å². The second-order valence-electron chi connectivity index (χ2n) is 5.77. The van der Waals surface area contributed by atoms with Crippen molar-refractivity contribution in [2.45, 2.75) is 38.1 Å². The Morgan fingerprint density at radius 3 is 2.89 bits per heavy atom. The van der Waals surface area contributed by atoms with Gasteiger partial charge in [-0.1, -0.05) is 24.3 Å². The van der Waals surface area contributed by atoms with E-state index < -0.39 is 0 Å². The van der Waals surface area contributed by atoms with Gasteiger partial charge in [-0.3, -0.25) is 4.79 Å². The van der Waals surface area contributed by atoms with Crippen LogP contribution in [0.25, 0.3) is 0 Å². The van der Waals surface area contributed by atoms with Gasteiger partial charge < -0.3 is 10.6 Å². The molecule has 0 aromatic heterocycles. The van der Waals surface area contributed by atoms with Crippen LogP contribution in [0.15, 0.2) is 24.3 Å². The average Bonchev–Trinajstić information content (AvgIpc) is 2.99. The highest BCUT2D eigenvalue weighted by Crippen LogP contribution is 2.24. The number of aryl methyl sites for hydroxylation is 1. The highest BCUT2D eigenvalue weighted by molar-refractivity contribution is 5.81. The highest BCUT2D eigenvalue weighted by Gasteiger charge is 2.23. The molecule has 3 rings (SSSR count). The molecule has 1 aromatic rings. The number of nitrogens with one attached hydrogen (secondary N) is 2. The first-order chi connectivity index (χ1) is 9.33. The quantitative estimate of drug-likeness (QED) is 0.865. The number of rotatable bonds is 3. The van der Waals surface area contributed by atoms with Gasteiger partial charge in [0.15, 0.2) is 0 Å². The molecule has 19 heavy (non-hydrogen) atoms. The van der Waals surface area contributed by atoms with Crippen molar-refractivity contribution in [3.05, 3.63) is 35.4 Å². The molecule has 3 heteroatoms. The molecule has 3 nitrogen and oxygen atoms in total. The molecule has 2 aliphatic rings. The van der Waals surface area contributed by atoms with Crippen molar-refractivity contribution < 1.29 is 4.79 Å². The Morgan fingerprint density at radius 2 is 2.11 bits per heavy atom. The Labute approximate surface area is 114 Å². The van der Waals surface area contributed by atoms with Crippen molar-refractivity contribution in [1.82, 2.24) is 10.6 Å². The lowest BCUT2D eigenvalue weighted by Crippen LogP contribution is -2.42. The maximum atomic E-state index is 12.0. The van der Waals surface area contributed by atoms with Crippen LogP contribution < -0.4 is 10.6 Å².